The Morgan fingerprint density at radius 3 is 1.07 bits per heavy atom. The molecular formula is C67H42N2. The minimum atomic E-state index is 1.24. The molecule has 0 aliphatic carbocycles. The predicted molar refractivity (Wildman–Crippen MR) is 296 cm³/mol. The van der Waals surface area contributed by atoms with Crippen molar-refractivity contribution >= 4 is 119 Å². The van der Waals surface area contributed by atoms with Crippen molar-refractivity contribution in [3.63, 3.8) is 0 Å². The van der Waals surface area contributed by atoms with Gasteiger partial charge < -0.3 is 8.80 Å². The van der Waals surface area contributed by atoms with Crippen LogP contribution in [0.2, 0.25) is 0 Å². The molecule has 12 aromatic carbocycles. The average molecular weight is 875 g/mol. The predicted octanol–water partition coefficient (Wildman–Crippen LogP) is 18.5. The Morgan fingerprint density at radius 2 is 0.594 bits per heavy atom. The van der Waals surface area contributed by atoms with Crippen molar-refractivity contribution in [2.75, 3.05) is 0 Å². The molecule has 0 fully saturated rings. The number of fused-ring (bicyclic) bond motifs is 16. The van der Waals surface area contributed by atoms with Gasteiger partial charge in [-0.15, -0.1) is 0 Å². The number of nitrogens with zero attached hydrogens (tertiary/aromatic N) is 2. The van der Waals surface area contributed by atoms with Crippen LogP contribution in [0.5, 0.6) is 0 Å². The summed E-state index contributed by atoms with van der Waals surface area (Å²) in [6.45, 7) is 6.73. The molecule has 0 atom stereocenters. The lowest BCUT2D eigenvalue weighted by atomic mass is 9.91. The molecule has 0 unspecified atom stereocenters. The van der Waals surface area contributed by atoms with E-state index in [-0.39, 0.29) is 0 Å². The monoisotopic (exact) mass is 874 g/mol. The topological polar surface area (TPSA) is 8.82 Å². The summed E-state index contributed by atoms with van der Waals surface area (Å²) in [5.74, 6) is 0. The second-order valence-corrected chi connectivity index (χ2v) is 19.8. The van der Waals surface area contributed by atoms with Crippen molar-refractivity contribution in [1.82, 2.24) is 8.80 Å². The Bertz CT molecular complexity index is 4900. The molecule has 0 radical (unpaired) electrons. The van der Waals surface area contributed by atoms with Crippen LogP contribution in [0, 0.1) is 20.8 Å². The van der Waals surface area contributed by atoms with Gasteiger partial charge in [0, 0.05) is 43.1 Å². The van der Waals surface area contributed by atoms with Crippen LogP contribution < -0.4 is 0 Å². The van der Waals surface area contributed by atoms with Crippen molar-refractivity contribution < 1.29 is 0 Å². The first-order chi connectivity index (χ1) is 33.9. The molecule has 16 rings (SSSR count). The second-order valence-electron chi connectivity index (χ2n) is 19.8. The van der Waals surface area contributed by atoms with E-state index in [4.69, 9.17) is 0 Å². The van der Waals surface area contributed by atoms with Gasteiger partial charge in [0.2, 0.25) is 0 Å². The van der Waals surface area contributed by atoms with E-state index in [0.717, 1.165) is 0 Å². The molecule has 0 aliphatic heterocycles. The van der Waals surface area contributed by atoms with Gasteiger partial charge in [-0.3, -0.25) is 0 Å². The summed E-state index contributed by atoms with van der Waals surface area (Å²) >= 11 is 0. The molecule has 69 heavy (non-hydrogen) atoms. The highest BCUT2D eigenvalue weighted by molar-refractivity contribution is 6.30. The molecule has 4 aromatic heterocycles. The van der Waals surface area contributed by atoms with Crippen LogP contribution in [-0.4, -0.2) is 8.80 Å². The highest BCUT2D eigenvalue weighted by Crippen LogP contribution is 2.48. The van der Waals surface area contributed by atoms with Crippen LogP contribution in [-0.2, 0) is 0 Å². The summed E-state index contributed by atoms with van der Waals surface area (Å²) in [4.78, 5) is 0. The Labute approximate surface area is 397 Å². The smallest absolute Gasteiger partial charge is 0.0620 e. The Balaban J connectivity index is 0.990. The normalized spacial score (nSPS) is 12.6. The third kappa shape index (κ3) is 4.95. The van der Waals surface area contributed by atoms with Crippen LogP contribution >= 0.6 is 0 Å². The molecule has 0 amide bonds. The first-order valence-electron chi connectivity index (χ1n) is 24.2. The Hall–Kier alpha value is -8.72. The summed E-state index contributed by atoms with van der Waals surface area (Å²) in [6, 6.07) is 76.3. The first kappa shape index (κ1) is 37.4. The maximum atomic E-state index is 2.55. The van der Waals surface area contributed by atoms with Gasteiger partial charge >= 0.3 is 0 Å². The zero-order valence-electron chi connectivity index (χ0n) is 38.4. The van der Waals surface area contributed by atoms with E-state index in [1.54, 1.807) is 0 Å². The number of aromatic nitrogens is 2. The Morgan fingerprint density at radius 1 is 0.246 bits per heavy atom. The average Bonchev–Trinajstić information content (AvgIpc) is 4.08. The SMILES string of the molecule is Cc1ccccc1-c1cc2c3cc4ccccc4cc3n3c4cc5cccc(-c6cccc7cc8c(cc67)c6cc(-c7c(C)cccc7C)cc7c9cc%10ccccc%10cc9n8c76)c5cc4c(c1)c23. The van der Waals surface area contributed by atoms with E-state index < -0.39 is 0 Å². The molecule has 0 bridgehead atoms. The third-order valence-corrected chi connectivity index (χ3v) is 16.0. The fourth-order valence-corrected chi connectivity index (χ4v) is 12.9. The third-order valence-electron chi connectivity index (χ3n) is 16.0. The Kier molecular flexibility index (Phi) is 7.18. The molecule has 0 saturated heterocycles. The maximum Gasteiger partial charge on any atom is 0.0620 e. The highest BCUT2D eigenvalue weighted by atomic mass is 14.9. The lowest BCUT2D eigenvalue weighted by molar-refractivity contribution is 1.37. The number of hydrogen-bond acceptors (Lipinski definition) is 0. The van der Waals surface area contributed by atoms with E-state index in [1.165, 1.54) is 169 Å². The van der Waals surface area contributed by atoms with Gasteiger partial charge in [-0.1, -0.05) is 127 Å². The maximum absolute atomic E-state index is 2.55. The second kappa shape index (κ2) is 13.2. The minimum Gasteiger partial charge on any atom is -0.308 e. The van der Waals surface area contributed by atoms with Crippen molar-refractivity contribution in [3.05, 3.63) is 217 Å². The zero-order valence-corrected chi connectivity index (χ0v) is 38.4. The first-order valence-corrected chi connectivity index (χ1v) is 24.2. The zero-order chi connectivity index (χ0) is 45.4. The molecule has 0 saturated carbocycles. The van der Waals surface area contributed by atoms with Crippen LogP contribution in [0.15, 0.2) is 200 Å². The van der Waals surface area contributed by atoms with Crippen LogP contribution in [0.3, 0.4) is 0 Å². The molecule has 0 N–H and O–H groups in total. The molecule has 2 nitrogen and oxygen atoms in total. The van der Waals surface area contributed by atoms with E-state index >= 15 is 0 Å². The van der Waals surface area contributed by atoms with Crippen molar-refractivity contribution in [2.45, 2.75) is 20.8 Å². The molecule has 16 aromatic rings. The summed E-state index contributed by atoms with van der Waals surface area (Å²) in [5, 5.41) is 20.4. The van der Waals surface area contributed by atoms with Gasteiger partial charge in [-0.05, 0) is 187 Å². The van der Waals surface area contributed by atoms with E-state index in [0.29, 0.717) is 0 Å². The molecule has 2 heteroatoms. The van der Waals surface area contributed by atoms with Gasteiger partial charge in [0.05, 0.1) is 33.1 Å². The largest absolute Gasteiger partial charge is 0.308 e. The fraction of sp³-hybridized carbons (Fsp3) is 0.0448. The van der Waals surface area contributed by atoms with Gasteiger partial charge in [0.15, 0.2) is 0 Å². The molecule has 0 aliphatic rings. The van der Waals surface area contributed by atoms with Gasteiger partial charge in [0.1, 0.15) is 0 Å². The van der Waals surface area contributed by atoms with Crippen molar-refractivity contribution in [3.8, 4) is 33.4 Å². The van der Waals surface area contributed by atoms with Gasteiger partial charge in [-0.25, -0.2) is 0 Å². The van der Waals surface area contributed by atoms with Crippen LogP contribution in [0.1, 0.15) is 16.7 Å². The number of hydrogen-bond donors (Lipinski definition) is 0. The number of rotatable bonds is 3. The standard InChI is InChI=1S/C67H42N2/c1-37-13-4-9-22-48(37)46-27-57-53-25-40-16-5-7-18-42(40)31-61(53)68-63-33-44-20-11-23-49(51(44)35-55(63)58(28-46)66(57)68)50-24-12-21-45-34-64-56(36-52(45)50)60-30-47(65-38(2)14-10-15-39(65)3)29-59-54-26-41-17-6-8-19-43(41)32-62(54)69(64)67(59)60/h4-36H,1-3H3. The van der Waals surface area contributed by atoms with Crippen molar-refractivity contribution in [1.29, 1.82) is 0 Å². The van der Waals surface area contributed by atoms with Gasteiger partial charge in [-0.2, -0.15) is 0 Å². The highest BCUT2D eigenvalue weighted by Gasteiger charge is 2.24. The summed E-state index contributed by atoms with van der Waals surface area (Å²) < 4.78 is 5.10. The fourth-order valence-electron chi connectivity index (χ4n) is 12.9. The number of benzene rings is 12. The summed E-state index contributed by atoms with van der Waals surface area (Å²) in [5.41, 5.74) is 19.1. The van der Waals surface area contributed by atoms with E-state index in [2.05, 4.69) is 230 Å². The molecule has 0 spiro atoms. The lowest BCUT2D eigenvalue weighted by Crippen LogP contribution is -1.88. The van der Waals surface area contributed by atoms with Crippen LogP contribution in [0.25, 0.3) is 153 Å². The quantitative estimate of drug-likeness (QED) is 0.167. The van der Waals surface area contributed by atoms with E-state index in [1.807, 2.05) is 0 Å². The minimum absolute atomic E-state index is 1.24. The van der Waals surface area contributed by atoms with Crippen molar-refractivity contribution in [2.24, 2.45) is 0 Å². The molecule has 4 heterocycles. The van der Waals surface area contributed by atoms with E-state index in [9.17, 15) is 0 Å². The molecular weight excluding hydrogens is 833 g/mol. The number of aryl methyl sites for hydroxylation is 3. The molecule has 320 valence electrons. The summed E-state index contributed by atoms with van der Waals surface area (Å²) in [6.07, 6.45) is 0. The lowest BCUT2D eigenvalue weighted by Gasteiger charge is -2.13. The van der Waals surface area contributed by atoms with Crippen LogP contribution in [0.4, 0.5) is 0 Å². The van der Waals surface area contributed by atoms with Gasteiger partial charge in [0.25, 0.3) is 0 Å². The summed E-state index contributed by atoms with van der Waals surface area (Å²) in [7, 11) is 0.